The maximum absolute atomic E-state index is 12.9. The molecule has 2 aliphatic heterocycles. The molecular formula is C32H50N2O2. The molecular weight excluding hydrogens is 444 g/mol. The number of carbonyl (C=O) groups is 1. The molecule has 36 heavy (non-hydrogen) atoms. The van der Waals surface area contributed by atoms with Gasteiger partial charge in [-0.2, -0.15) is 0 Å². The van der Waals surface area contributed by atoms with Crippen molar-refractivity contribution in [2.75, 3.05) is 31.6 Å². The van der Waals surface area contributed by atoms with Crippen LogP contribution in [0.5, 0.6) is 5.75 Å². The summed E-state index contributed by atoms with van der Waals surface area (Å²) in [5.41, 5.74) is 2.71. The van der Waals surface area contributed by atoms with Gasteiger partial charge in [-0.25, -0.2) is 0 Å². The molecule has 1 fully saturated rings. The molecule has 1 aromatic rings. The van der Waals surface area contributed by atoms with Gasteiger partial charge in [-0.3, -0.25) is 4.79 Å². The van der Waals surface area contributed by atoms with Crippen LogP contribution in [0, 0.1) is 0 Å². The quantitative estimate of drug-likeness (QED) is 0.173. The van der Waals surface area contributed by atoms with Crippen molar-refractivity contribution in [1.82, 2.24) is 4.90 Å². The van der Waals surface area contributed by atoms with Crippen molar-refractivity contribution in [2.24, 2.45) is 0 Å². The van der Waals surface area contributed by atoms with E-state index in [1.54, 1.807) is 7.11 Å². The maximum Gasteiger partial charge on any atom is 0.222 e. The molecule has 1 amide bonds. The van der Waals surface area contributed by atoms with Gasteiger partial charge in [-0.05, 0) is 69.9 Å². The highest BCUT2D eigenvalue weighted by Crippen LogP contribution is 2.40. The second kappa shape index (κ2) is 15.1. The maximum atomic E-state index is 12.9. The first-order chi connectivity index (χ1) is 17.6. The lowest BCUT2D eigenvalue weighted by Gasteiger charge is -2.37. The number of benzene rings is 1. The van der Waals surface area contributed by atoms with Crippen LogP contribution >= 0.6 is 0 Å². The number of carbonyl (C=O) groups excluding carboxylic acids is 1. The van der Waals surface area contributed by atoms with Crippen molar-refractivity contribution < 1.29 is 9.53 Å². The standard InChI is InChI=1S/C32H50N2O2/c1-4-5-6-7-8-9-10-11-12-13-14-15-16-17-18-19-31(35)33-25-23-32(2,27-33)34-24-22-28-20-21-29(36-3)26-30(28)34/h8-9,11-12,20-21,26H,4-7,10,13-19,22-25,27H2,1-3H3/b9-8-,12-11-. The second-order valence-corrected chi connectivity index (χ2v) is 10.9. The molecule has 0 spiro atoms. The zero-order valence-corrected chi connectivity index (χ0v) is 23.3. The molecule has 0 radical (unpaired) electrons. The number of nitrogens with zero attached hydrogens (tertiary/aromatic N) is 2. The second-order valence-electron chi connectivity index (χ2n) is 10.9. The van der Waals surface area contributed by atoms with Crippen molar-refractivity contribution in [1.29, 1.82) is 0 Å². The summed E-state index contributed by atoms with van der Waals surface area (Å²) in [5, 5.41) is 0. The molecule has 2 aliphatic rings. The van der Waals surface area contributed by atoms with Crippen LogP contribution in [0.1, 0.15) is 103 Å². The van der Waals surface area contributed by atoms with Gasteiger partial charge in [0.05, 0.1) is 12.6 Å². The molecule has 4 nitrogen and oxygen atoms in total. The number of rotatable bonds is 16. The average molecular weight is 495 g/mol. The predicted molar refractivity (Wildman–Crippen MR) is 153 cm³/mol. The van der Waals surface area contributed by atoms with Crippen molar-refractivity contribution in [3.8, 4) is 5.75 Å². The summed E-state index contributed by atoms with van der Waals surface area (Å²) in [5.74, 6) is 1.26. The third kappa shape index (κ3) is 8.42. The van der Waals surface area contributed by atoms with E-state index in [2.05, 4.69) is 66.2 Å². The normalized spacial score (nSPS) is 19.6. The van der Waals surface area contributed by atoms with E-state index in [0.717, 1.165) is 51.1 Å². The smallest absolute Gasteiger partial charge is 0.222 e. The lowest BCUT2D eigenvalue weighted by atomic mass is 9.98. The Kier molecular flexibility index (Phi) is 11.9. The zero-order valence-electron chi connectivity index (χ0n) is 23.3. The largest absolute Gasteiger partial charge is 0.497 e. The van der Waals surface area contributed by atoms with Gasteiger partial charge in [-0.1, -0.05) is 69.4 Å². The number of likely N-dealkylation sites (tertiary alicyclic amines) is 1. The molecule has 1 atom stereocenters. The molecule has 1 aromatic carbocycles. The Hall–Kier alpha value is -2.23. The summed E-state index contributed by atoms with van der Waals surface area (Å²) in [6.45, 7) is 7.33. The van der Waals surface area contributed by atoms with E-state index in [0.29, 0.717) is 12.3 Å². The van der Waals surface area contributed by atoms with Gasteiger partial charge in [0.1, 0.15) is 5.75 Å². The van der Waals surface area contributed by atoms with Gasteiger partial charge in [0.2, 0.25) is 5.91 Å². The Balaban J connectivity index is 1.26. The highest BCUT2D eigenvalue weighted by atomic mass is 16.5. The number of unbranched alkanes of at least 4 members (excludes halogenated alkanes) is 8. The molecule has 0 aromatic heterocycles. The number of fused-ring (bicyclic) bond motifs is 1. The van der Waals surface area contributed by atoms with Crippen molar-refractivity contribution >= 4 is 11.6 Å². The summed E-state index contributed by atoms with van der Waals surface area (Å²) >= 11 is 0. The third-order valence-electron chi connectivity index (χ3n) is 7.99. The molecule has 0 N–H and O–H groups in total. The SMILES string of the molecule is CCCCC/C=C\C/C=C\CCCCCCCC(=O)N1CCC(C)(N2CCc3ccc(OC)cc32)C1. The average Bonchev–Trinajstić information content (AvgIpc) is 3.50. The Morgan fingerprint density at radius 2 is 1.69 bits per heavy atom. The first-order valence-electron chi connectivity index (χ1n) is 14.6. The van der Waals surface area contributed by atoms with Crippen LogP contribution < -0.4 is 9.64 Å². The van der Waals surface area contributed by atoms with Gasteiger partial charge in [0.15, 0.2) is 0 Å². The van der Waals surface area contributed by atoms with Gasteiger partial charge >= 0.3 is 0 Å². The minimum Gasteiger partial charge on any atom is -0.497 e. The highest BCUT2D eigenvalue weighted by molar-refractivity contribution is 5.77. The van der Waals surface area contributed by atoms with E-state index in [9.17, 15) is 4.79 Å². The van der Waals surface area contributed by atoms with Crippen molar-refractivity contribution in [3.63, 3.8) is 0 Å². The van der Waals surface area contributed by atoms with Crippen molar-refractivity contribution in [3.05, 3.63) is 48.1 Å². The first-order valence-corrected chi connectivity index (χ1v) is 14.6. The van der Waals surface area contributed by atoms with Crippen LogP contribution in [0.3, 0.4) is 0 Å². The van der Waals surface area contributed by atoms with E-state index < -0.39 is 0 Å². The van der Waals surface area contributed by atoms with E-state index in [-0.39, 0.29) is 5.54 Å². The minimum atomic E-state index is 0.0195. The predicted octanol–water partition coefficient (Wildman–Crippen LogP) is 7.86. The Morgan fingerprint density at radius 3 is 2.44 bits per heavy atom. The lowest BCUT2D eigenvalue weighted by molar-refractivity contribution is -0.130. The van der Waals surface area contributed by atoms with Crippen LogP contribution in [0.4, 0.5) is 5.69 Å². The molecule has 1 saturated heterocycles. The summed E-state index contributed by atoms with van der Waals surface area (Å²) in [4.78, 5) is 17.5. The van der Waals surface area contributed by atoms with Gasteiger partial charge in [0, 0.05) is 37.8 Å². The van der Waals surface area contributed by atoms with E-state index in [1.807, 2.05) is 0 Å². The minimum absolute atomic E-state index is 0.0195. The molecule has 200 valence electrons. The van der Waals surface area contributed by atoms with Crippen LogP contribution in [0.2, 0.25) is 0 Å². The summed E-state index contributed by atoms with van der Waals surface area (Å²) in [6, 6.07) is 6.42. The fourth-order valence-electron chi connectivity index (χ4n) is 5.67. The van der Waals surface area contributed by atoms with Crippen LogP contribution in [-0.4, -0.2) is 43.1 Å². The Morgan fingerprint density at radius 1 is 0.972 bits per heavy atom. The number of ether oxygens (including phenoxy) is 1. The fourth-order valence-corrected chi connectivity index (χ4v) is 5.67. The zero-order chi connectivity index (χ0) is 25.6. The van der Waals surface area contributed by atoms with E-state index >= 15 is 0 Å². The highest BCUT2D eigenvalue weighted by Gasteiger charge is 2.42. The molecule has 0 saturated carbocycles. The van der Waals surface area contributed by atoms with Gasteiger partial charge in [-0.15, -0.1) is 0 Å². The monoisotopic (exact) mass is 494 g/mol. The fraction of sp³-hybridized carbons (Fsp3) is 0.656. The van der Waals surface area contributed by atoms with Crippen LogP contribution in [0.25, 0.3) is 0 Å². The van der Waals surface area contributed by atoms with Gasteiger partial charge < -0.3 is 14.5 Å². The number of hydrogen-bond donors (Lipinski definition) is 0. The molecule has 3 rings (SSSR count). The van der Waals surface area contributed by atoms with Crippen molar-refractivity contribution in [2.45, 2.75) is 109 Å². The molecule has 4 heteroatoms. The lowest BCUT2D eigenvalue weighted by Crippen LogP contribution is -2.48. The van der Waals surface area contributed by atoms with Crippen LogP contribution in [0.15, 0.2) is 42.5 Å². The number of hydrogen-bond acceptors (Lipinski definition) is 3. The molecule has 1 unspecified atom stereocenters. The Labute approximate surface area is 220 Å². The van der Waals surface area contributed by atoms with Gasteiger partial charge in [0.25, 0.3) is 0 Å². The summed E-state index contributed by atoms with van der Waals surface area (Å²) in [6.07, 6.45) is 25.5. The molecule has 0 bridgehead atoms. The van der Waals surface area contributed by atoms with Crippen LogP contribution in [-0.2, 0) is 11.2 Å². The number of allylic oxidation sites excluding steroid dienone is 4. The Bertz CT molecular complexity index is 862. The van der Waals surface area contributed by atoms with E-state index in [1.165, 1.54) is 69.0 Å². The van der Waals surface area contributed by atoms with E-state index in [4.69, 9.17) is 4.74 Å². The number of anilines is 1. The number of methoxy groups -OCH3 is 1. The summed E-state index contributed by atoms with van der Waals surface area (Å²) in [7, 11) is 1.73. The summed E-state index contributed by atoms with van der Waals surface area (Å²) < 4.78 is 5.46. The molecule has 2 heterocycles. The topological polar surface area (TPSA) is 32.8 Å². The number of amides is 1. The third-order valence-corrected chi connectivity index (χ3v) is 7.99. The molecule has 0 aliphatic carbocycles. The first kappa shape index (κ1) is 28.3.